The first-order valence-corrected chi connectivity index (χ1v) is 7.62. The van der Waals surface area contributed by atoms with E-state index in [0.717, 1.165) is 9.37 Å². The summed E-state index contributed by atoms with van der Waals surface area (Å²) in [6.45, 7) is 2.22. The minimum Gasteiger partial charge on any atom is -0.274 e. The molecule has 0 bridgehead atoms. The van der Waals surface area contributed by atoms with Gasteiger partial charge < -0.3 is 0 Å². The third-order valence-electron chi connectivity index (χ3n) is 2.35. The molecule has 0 radical (unpaired) electrons. The number of halogens is 1. The van der Waals surface area contributed by atoms with Crippen LogP contribution in [0.15, 0.2) is 57.0 Å². The van der Waals surface area contributed by atoms with E-state index in [2.05, 4.69) is 26.4 Å². The molecular weight excluding hydrogens is 340 g/mol. The molecule has 0 spiro atoms. The van der Waals surface area contributed by atoms with Crippen molar-refractivity contribution in [1.82, 2.24) is 10.5 Å². The SMILES string of the molecule is CCONC(=O)c1cccnc1Sc1ccc(Br)cc1. The second kappa shape index (κ2) is 7.42. The molecule has 6 heteroatoms. The molecule has 104 valence electrons. The van der Waals surface area contributed by atoms with Crippen LogP contribution in [-0.2, 0) is 4.84 Å². The zero-order valence-electron chi connectivity index (χ0n) is 10.8. The Morgan fingerprint density at radius 1 is 1.35 bits per heavy atom. The summed E-state index contributed by atoms with van der Waals surface area (Å²) >= 11 is 4.83. The third kappa shape index (κ3) is 4.06. The zero-order chi connectivity index (χ0) is 14.4. The molecule has 2 rings (SSSR count). The minimum absolute atomic E-state index is 0.292. The van der Waals surface area contributed by atoms with Crippen LogP contribution in [0.4, 0.5) is 0 Å². The number of aromatic nitrogens is 1. The molecule has 0 aliphatic carbocycles. The summed E-state index contributed by atoms with van der Waals surface area (Å²) in [6.07, 6.45) is 1.67. The Morgan fingerprint density at radius 3 is 2.80 bits per heavy atom. The largest absolute Gasteiger partial charge is 0.277 e. The van der Waals surface area contributed by atoms with Crippen molar-refractivity contribution in [2.75, 3.05) is 6.61 Å². The standard InChI is InChI=1S/C14H13BrN2O2S/c1-2-19-17-13(18)12-4-3-9-16-14(12)20-11-7-5-10(15)6-8-11/h3-9H,2H2,1H3,(H,17,18). The number of benzene rings is 1. The summed E-state index contributed by atoms with van der Waals surface area (Å²) in [5.74, 6) is -0.292. The molecule has 2 aromatic rings. The number of hydrogen-bond donors (Lipinski definition) is 1. The Bertz CT molecular complexity index is 590. The molecule has 0 aliphatic rings. The lowest BCUT2D eigenvalue weighted by Gasteiger charge is -2.08. The monoisotopic (exact) mass is 352 g/mol. The number of hydrogen-bond acceptors (Lipinski definition) is 4. The van der Waals surface area contributed by atoms with Gasteiger partial charge in [0.15, 0.2) is 0 Å². The molecule has 1 heterocycles. The van der Waals surface area contributed by atoms with Gasteiger partial charge in [0.2, 0.25) is 0 Å². The maximum absolute atomic E-state index is 12.0. The highest BCUT2D eigenvalue weighted by molar-refractivity contribution is 9.10. The van der Waals surface area contributed by atoms with E-state index in [4.69, 9.17) is 4.84 Å². The Morgan fingerprint density at radius 2 is 2.10 bits per heavy atom. The fraction of sp³-hybridized carbons (Fsp3) is 0.143. The van der Waals surface area contributed by atoms with Gasteiger partial charge >= 0.3 is 0 Å². The fourth-order valence-electron chi connectivity index (χ4n) is 1.45. The molecule has 0 saturated carbocycles. The molecule has 1 aromatic heterocycles. The van der Waals surface area contributed by atoms with Gasteiger partial charge in [-0.2, -0.15) is 0 Å². The van der Waals surface area contributed by atoms with Crippen molar-refractivity contribution in [2.24, 2.45) is 0 Å². The Labute approximate surface area is 130 Å². The van der Waals surface area contributed by atoms with E-state index in [9.17, 15) is 4.79 Å². The lowest BCUT2D eigenvalue weighted by atomic mass is 10.3. The maximum Gasteiger partial charge on any atom is 0.277 e. The number of rotatable bonds is 5. The summed E-state index contributed by atoms with van der Waals surface area (Å²) in [5.41, 5.74) is 2.88. The Hall–Kier alpha value is -1.37. The number of pyridine rings is 1. The van der Waals surface area contributed by atoms with Crippen molar-refractivity contribution in [3.8, 4) is 0 Å². The van der Waals surface area contributed by atoms with Gasteiger partial charge in [-0.05, 0) is 43.3 Å². The average Bonchev–Trinajstić information content (AvgIpc) is 2.48. The van der Waals surface area contributed by atoms with Gasteiger partial charge in [0.25, 0.3) is 5.91 Å². The quantitative estimate of drug-likeness (QED) is 0.834. The number of carbonyl (C=O) groups excluding carboxylic acids is 1. The molecule has 0 fully saturated rings. The molecule has 0 atom stereocenters. The molecule has 0 saturated heterocycles. The van der Waals surface area contributed by atoms with E-state index < -0.39 is 0 Å². The Balaban J connectivity index is 2.19. The van der Waals surface area contributed by atoms with Crippen molar-refractivity contribution < 1.29 is 9.63 Å². The summed E-state index contributed by atoms with van der Waals surface area (Å²) in [7, 11) is 0. The minimum atomic E-state index is -0.292. The van der Waals surface area contributed by atoms with E-state index >= 15 is 0 Å². The molecular formula is C14H13BrN2O2S. The summed E-state index contributed by atoms with van der Waals surface area (Å²) in [6, 6.07) is 11.3. The van der Waals surface area contributed by atoms with Crippen molar-refractivity contribution in [2.45, 2.75) is 16.8 Å². The van der Waals surface area contributed by atoms with Crippen molar-refractivity contribution in [3.05, 3.63) is 52.6 Å². The molecule has 0 aliphatic heterocycles. The summed E-state index contributed by atoms with van der Waals surface area (Å²) in [4.78, 5) is 22.2. The molecule has 4 nitrogen and oxygen atoms in total. The van der Waals surface area contributed by atoms with E-state index in [0.29, 0.717) is 17.2 Å². The number of amides is 1. The number of hydroxylamine groups is 1. The van der Waals surface area contributed by atoms with Crippen LogP contribution in [0.1, 0.15) is 17.3 Å². The highest BCUT2D eigenvalue weighted by Crippen LogP contribution is 2.29. The van der Waals surface area contributed by atoms with E-state index in [1.54, 1.807) is 25.3 Å². The molecule has 1 N–H and O–H groups in total. The third-order valence-corrected chi connectivity index (χ3v) is 3.91. The number of nitrogens with one attached hydrogen (secondary N) is 1. The van der Waals surface area contributed by atoms with Crippen LogP contribution in [0.3, 0.4) is 0 Å². The predicted octanol–water partition coefficient (Wildman–Crippen LogP) is 3.68. The first-order chi connectivity index (χ1) is 9.70. The molecule has 0 unspecified atom stereocenters. The van der Waals surface area contributed by atoms with Crippen LogP contribution in [0, 0.1) is 0 Å². The molecule has 1 aromatic carbocycles. The van der Waals surface area contributed by atoms with Crippen molar-refractivity contribution in [1.29, 1.82) is 0 Å². The second-order valence-electron chi connectivity index (χ2n) is 3.78. The number of carbonyl (C=O) groups is 1. The smallest absolute Gasteiger partial charge is 0.274 e. The topological polar surface area (TPSA) is 51.2 Å². The van der Waals surface area contributed by atoms with Crippen LogP contribution in [0.5, 0.6) is 0 Å². The number of nitrogens with zero attached hydrogens (tertiary/aromatic N) is 1. The van der Waals surface area contributed by atoms with Crippen LogP contribution in [-0.4, -0.2) is 17.5 Å². The maximum atomic E-state index is 12.0. The van der Waals surface area contributed by atoms with Crippen LogP contribution in [0.25, 0.3) is 0 Å². The van der Waals surface area contributed by atoms with Crippen LogP contribution >= 0.6 is 27.7 Å². The van der Waals surface area contributed by atoms with E-state index in [1.165, 1.54) is 11.8 Å². The molecule has 1 amide bonds. The van der Waals surface area contributed by atoms with Crippen molar-refractivity contribution in [3.63, 3.8) is 0 Å². The lowest BCUT2D eigenvalue weighted by Crippen LogP contribution is -2.24. The van der Waals surface area contributed by atoms with Gasteiger partial charge in [-0.3, -0.25) is 9.63 Å². The normalized spacial score (nSPS) is 10.3. The van der Waals surface area contributed by atoms with Gasteiger partial charge in [0.1, 0.15) is 5.03 Å². The predicted molar refractivity (Wildman–Crippen MR) is 81.6 cm³/mol. The van der Waals surface area contributed by atoms with E-state index in [1.807, 2.05) is 24.3 Å². The zero-order valence-corrected chi connectivity index (χ0v) is 13.2. The highest BCUT2D eigenvalue weighted by atomic mass is 79.9. The summed E-state index contributed by atoms with van der Waals surface area (Å²) in [5, 5.41) is 0.645. The van der Waals surface area contributed by atoms with Crippen LogP contribution < -0.4 is 5.48 Å². The molecule has 20 heavy (non-hydrogen) atoms. The highest BCUT2D eigenvalue weighted by Gasteiger charge is 2.13. The Kier molecular flexibility index (Phi) is 5.58. The van der Waals surface area contributed by atoms with Gasteiger partial charge in [-0.1, -0.05) is 27.7 Å². The fourth-order valence-corrected chi connectivity index (χ4v) is 2.60. The van der Waals surface area contributed by atoms with E-state index in [-0.39, 0.29) is 5.91 Å². The lowest BCUT2D eigenvalue weighted by molar-refractivity contribution is 0.0361. The van der Waals surface area contributed by atoms with Gasteiger partial charge in [-0.25, -0.2) is 10.5 Å². The van der Waals surface area contributed by atoms with Gasteiger partial charge in [-0.15, -0.1) is 0 Å². The van der Waals surface area contributed by atoms with Gasteiger partial charge in [0.05, 0.1) is 12.2 Å². The first-order valence-electron chi connectivity index (χ1n) is 6.01. The van der Waals surface area contributed by atoms with Gasteiger partial charge in [0, 0.05) is 15.6 Å². The van der Waals surface area contributed by atoms with Crippen molar-refractivity contribution >= 4 is 33.6 Å². The summed E-state index contributed by atoms with van der Waals surface area (Å²) < 4.78 is 1.01. The second-order valence-corrected chi connectivity index (χ2v) is 5.75. The average molecular weight is 353 g/mol. The van der Waals surface area contributed by atoms with Crippen LogP contribution in [0.2, 0.25) is 0 Å². The first kappa shape index (κ1) is 15.0.